The van der Waals surface area contributed by atoms with Crippen LogP contribution in [0.2, 0.25) is 0 Å². The van der Waals surface area contributed by atoms with Crippen LogP contribution in [0.5, 0.6) is 0 Å². The highest BCUT2D eigenvalue weighted by Gasteiger charge is 2.20. The van der Waals surface area contributed by atoms with Crippen molar-refractivity contribution in [2.75, 3.05) is 54.1 Å². The fourth-order valence-corrected chi connectivity index (χ4v) is 6.15. The van der Waals surface area contributed by atoms with Crippen molar-refractivity contribution in [2.24, 2.45) is 0 Å². The van der Waals surface area contributed by atoms with Gasteiger partial charge in [-0.05, 0) is 51.4 Å². The third-order valence-electron chi connectivity index (χ3n) is 8.64. The molecule has 9 heteroatoms. The SMILES string of the molecule is CC/C=C\C/C=C\C/C=C\C/C=C\CCCCCCCCCCCCC(=O)OC(COCCCCCCCCC)COP(=O)([O-])OCC[N+](C)(C)C. The van der Waals surface area contributed by atoms with Gasteiger partial charge in [-0.2, -0.15) is 0 Å². The molecule has 0 aliphatic carbocycles. The van der Waals surface area contributed by atoms with E-state index in [1.807, 2.05) is 21.1 Å². The Hall–Kier alpha value is -1.54. The van der Waals surface area contributed by atoms with E-state index in [9.17, 15) is 14.3 Å². The van der Waals surface area contributed by atoms with Crippen molar-refractivity contribution >= 4 is 13.8 Å². The number of phosphoric ester groups is 1. The summed E-state index contributed by atoms with van der Waals surface area (Å²) < 4.78 is 34.4. The van der Waals surface area contributed by atoms with Crippen molar-refractivity contribution in [3.05, 3.63) is 48.6 Å². The smallest absolute Gasteiger partial charge is 0.306 e. The van der Waals surface area contributed by atoms with Crippen molar-refractivity contribution in [1.82, 2.24) is 0 Å². The topological polar surface area (TPSA) is 94.1 Å². The maximum absolute atomic E-state index is 12.6. The number of hydrogen-bond donors (Lipinski definition) is 0. The molecular formula is C43H80NO7P. The lowest BCUT2D eigenvalue weighted by Crippen LogP contribution is -2.37. The zero-order valence-electron chi connectivity index (χ0n) is 34.2. The van der Waals surface area contributed by atoms with Gasteiger partial charge in [0.2, 0.25) is 0 Å². The molecule has 0 fully saturated rings. The fraction of sp³-hybridized carbons (Fsp3) is 0.791. The molecular weight excluding hydrogens is 673 g/mol. The van der Waals surface area contributed by atoms with Crippen LogP contribution in [-0.4, -0.2) is 70.7 Å². The first-order valence-electron chi connectivity index (χ1n) is 20.9. The van der Waals surface area contributed by atoms with Gasteiger partial charge in [0.05, 0.1) is 34.4 Å². The molecule has 304 valence electrons. The minimum atomic E-state index is -4.51. The molecule has 0 bridgehead atoms. The van der Waals surface area contributed by atoms with Gasteiger partial charge in [0.15, 0.2) is 0 Å². The number of carbonyl (C=O) groups excluding carboxylic acids is 1. The van der Waals surface area contributed by atoms with Crippen molar-refractivity contribution in [3.63, 3.8) is 0 Å². The predicted molar refractivity (Wildman–Crippen MR) is 217 cm³/mol. The molecule has 2 atom stereocenters. The van der Waals surface area contributed by atoms with Crippen molar-refractivity contribution in [3.8, 4) is 0 Å². The third kappa shape index (κ3) is 39.7. The largest absolute Gasteiger partial charge is 0.756 e. The number of rotatable bonds is 38. The second-order valence-corrected chi connectivity index (χ2v) is 16.4. The summed E-state index contributed by atoms with van der Waals surface area (Å²) in [7, 11) is 1.35. The Balaban J connectivity index is 4.08. The van der Waals surface area contributed by atoms with Gasteiger partial charge < -0.3 is 27.9 Å². The number of carbonyl (C=O) groups is 1. The number of hydrogen-bond acceptors (Lipinski definition) is 7. The molecule has 0 spiro atoms. The Morgan fingerprint density at radius 2 is 1.12 bits per heavy atom. The van der Waals surface area contributed by atoms with E-state index >= 15 is 0 Å². The summed E-state index contributed by atoms with van der Waals surface area (Å²) in [5.74, 6) is -0.343. The zero-order chi connectivity index (χ0) is 38.4. The number of quaternary nitrogens is 1. The van der Waals surface area contributed by atoms with Crippen LogP contribution >= 0.6 is 7.82 Å². The maximum atomic E-state index is 12.6. The van der Waals surface area contributed by atoms with E-state index in [1.54, 1.807) is 0 Å². The molecule has 0 amide bonds. The van der Waals surface area contributed by atoms with Gasteiger partial charge in [0, 0.05) is 13.0 Å². The number of likely N-dealkylation sites (N-methyl/N-ethyl adjacent to an activating group) is 1. The molecule has 0 rings (SSSR count). The lowest BCUT2D eigenvalue weighted by Gasteiger charge is -2.28. The number of nitrogens with zero attached hydrogens (tertiary/aromatic N) is 1. The lowest BCUT2D eigenvalue weighted by atomic mass is 10.0. The molecule has 0 aromatic heterocycles. The summed E-state index contributed by atoms with van der Waals surface area (Å²) in [4.78, 5) is 24.9. The number of allylic oxidation sites excluding steroid dienone is 8. The van der Waals surface area contributed by atoms with E-state index in [2.05, 4.69) is 62.5 Å². The zero-order valence-corrected chi connectivity index (χ0v) is 35.1. The maximum Gasteiger partial charge on any atom is 0.306 e. The van der Waals surface area contributed by atoms with Crippen molar-refractivity contribution in [1.29, 1.82) is 0 Å². The summed E-state index contributed by atoms with van der Waals surface area (Å²) in [6, 6.07) is 0. The molecule has 0 saturated heterocycles. The molecule has 0 N–H and O–H groups in total. The highest BCUT2D eigenvalue weighted by atomic mass is 31.2. The molecule has 0 saturated carbocycles. The molecule has 0 radical (unpaired) electrons. The van der Waals surface area contributed by atoms with Gasteiger partial charge in [-0.25, -0.2) is 0 Å². The first kappa shape index (κ1) is 50.5. The van der Waals surface area contributed by atoms with Crippen LogP contribution in [0.4, 0.5) is 0 Å². The number of unbranched alkanes of at least 4 members (excludes halogenated alkanes) is 16. The highest BCUT2D eigenvalue weighted by Crippen LogP contribution is 2.38. The second-order valence-electron chi connectivity index (χ2n) is 15.0. The van der Waals surface area contributed by atoms with E-state index in [0.29, 0.717) is 24.1 Å². The Morgan fingerprint density at radius 3 is 1.67 bits per heavy atom. The van der Waals surface area contributed by atoms with E-state index in [1.165, 1.54) is 83.5 Å². The fourth-order valence-electron chi connectivity index (χ4n) is 5.42. The van der Waals surface area contributed by atoms with Crippen LogP contribution in [0.3, 0.4) is 0 Å². The Morgan fingerprint density at radius 1 is 0.615 bits per heavy atom. The first-order chi connectivity index (χ1) is 25.1. The molecule has 0 aromatic rings. The predicted octanol–water partition coefficient (Wildman–Crippen LogP) is 11.4. The monoisotopic (exact) mass is 754 g/mol. The van der Waals surface area contributed by atoms with Crippen LogP contribution in [-0.2, 0) is 27.9 Å². The molecule has 0 aliphatic rings. The van der Waals surface area contributed by atoms with Crippen LogP contribution < -0.4 is 4.89 Å². The van der Waals surface area contributed by atoms with Crippen LogP contribution in [0, 0.1) is 0 Å². The van der Waals surface area contributed by atoms with Gasteiger partial charge in [0.1, 0.15) is 19.3 Å². The standard InChI is InChI=1S/C43H80NO7P/c1-6-8-10-12-14-15-16-17-18-19-20-21-22-23-24-25-26-27-28-29-30-32-34-36-43(45)51-42(40-48-38-35-33-31-13-11-9-7-2)41-50-52(46,47)49-39-37-44(3,4)5/h8,10,14-15,17-18,20-21,42H,6-7,9,11-13,16,19,22-41H2,1-5H3/b10-8-,15-14-,18-17-,21-20-. The van der Waals surface area contributed by atoms with Crippen LogP contribution in [0.15, 0.2) is 48.6 Å². The normalized spacial score (nSPS) is 14.3. The molecule has 52 heavy (non-hydrogen) atoms. The van der Waals surface area contributed by atoms with Crippen LogP contribution in [0.25, 0.3) is 0 Å². The second kappa shape index (κ2) is 36.4. The summed E-state index contributed by atoms with van der Waals surface area (Å²) in [6.07, 6.45) is 42.8. The number of phosphoric acid groups is 1. The van der Waals surface area contributed by atoms with Crippen molar-refractivity contribution < 1.29 is 37.3 Å². The first-order valence-corrected chi connectivity index (χ1v) is 22.3. The Kier molecular flexibility index (Phi) is 35.4. The van der Waals surface area contributed by atoms with Gasteiger partial charge in [-0.3, -0.25) is 9.36 Å². The van der Waals surface area contributed by atoms with E-state index in [0.717, 1.165) is 57.8 Å². The van der Waals surface area contributed by atoms with Gasteiger partial charge >= 0.3 is 5.97 Å². The van der Waals surface area contributed by atoms with Crippen LogP contribution in [0.1, 0.15) is 162 Å². The summed E-state index contributed by atoms with van der Waals surface area (Å²) in [6.45, 7) is 5.25. The molecule has 0 aliphatic heterocycles. The summed E-state index contributed by atoms with van der Waals surface area (Å²) in [5, 5.41) is 0. The highest BCUT2D eigenvalue weighted by molar-refractivity contribution is 7.45. The Bertz CT molecular complexity index is 973. The average Bonchev–Trinajstić information content (AvgIpc) is 3.09. The quantitative estimate of drug-likeness (QED) is 0.0204. The summed E-state index contributed by atoms with van der Waals surface area (Å²) >= 11 is 0. The summed E-state index contributed by atoms with van der Waals surface area (Å²) in [5.41, 5.74) is 0. The van der Waals surface area contributed by atoms with Gasteiger partial charge in [-0.15, -0.1) is 0 Å². The molecule has 0 heterocycles. The minimum Gasteiger partial charge on any atom is -0.756 e. The minimum absolute atomic E-state index is 0.0245. The Labute approximate surface area is 320 Å². The third-order valence-corrected chi connectivity index (χ3v) is 9.61. The molecule has 2 unspecified atom stereocenters. The average molecular weight is 754 g/mol. The van der Waals surface area contributed by atoms with Gasteiger partial charge in [0.25, 0.3) is 7.82 Å². The number of esters is 1. The molecule has 0 aromatic carbocycles. The lowest BCUT2D eigenvalue weighted by molar-refractivity contribution is -0.870. The van der Waals surface area contributed by atoms with E-state index < -0.39 is 13.9 Å². The molecule has 8 nitrogen and oxygen atoms in total. The van der Waals surface area contributed by atoms with E-state index in [4.69, 9.17) is 18.5 Å². The van der Waals surface area contributed by atoms with Crippen molar-refractivity contribution in [2.45, 2.75) is 168 Å². The van der Waals surface area contributed by atoms with Gasteiger partial charge in [-0.1, -0.05) is 152 Å². The van der Waals surface area contributed by atoms with E-state index in [-0.39, 0.29) is 25.8 Å². The number of ether oxygens (including phenoxy) is 2.